The summed E-state index contributed by atoms with van der Waals surface area (Å²) in [6.45, 7) is 0.720. The van der Waals surface area contributed by atoms with Crippen molar-refractivity contribution in [3.8, 4) is 0 Å². The molecule has 2 amide bonds. The molecule has 0 aliphatic heterocycles. The maximum Gasteiger partial charge on any atom is 0.341 e. The van der Waals surface area contributed by atoms with Gasteiger partial charge in [-0.25, -0.2) is 18.4 Å². The molecule has 8 heteroatoms. The zero-order valence-electron chi connectivity index (χ0n) is 9.87. The smallest absolute Gasteiger partial charge is 0.341 e. The first-order chi connectivity index (χ1) is 8.95. The summed E-state index contributed by atoms with van der Waals surface area (Å²) in [5.41, 5.74) is 3.99. The first-order valence-corrected chi connectivity index (χ1v) is 5.43. The summed E-state index contributed by atoms with van der Waals surface area (Å²) < 4.78 is 26.6. The van der Waals surface area contributed by atoms with Crippen LogP contribution in [0.25, 0.3) is 0 Å². The lowest BCUT2D eigenvalue weighted by Gasteiger charge is -2.08. The minimum atomic E-state index is -1.71. The van der Waals surface area contributed by atoms with Gasteiger partial charge in [-0.3, -0.25) is 0 Å². The van der Waals surface area contributed by atoms with Gasteiger partial charge >= 0.3 is 12.0 Å². The van der Waals surface area contributed by atoms with Gasteiger partial charge in [-0.05, 0) is 25.1 Å². The lowest BCUT2D eigenvalue weighted by molar-refractivity contribution is 0.0686. The molecular formula is C11H13F2N3O3. The van der Waals surface area contributed by atoms with Crippen LogP contribution in [-0.2, 0) is 0 Å². The van der Waals surface area contributed by atoms with Gasteiger partial charge in [0, 0.05) is 12.2 Å². The van der Waals surface area contributed by atoms with E-state index < -0.39 is 29.2 Å². The Kier molecular flexibility index (Phi) is 5.19. The van der Waals surface area contributed by atoms with Crippen molar-refractivity contribution in [1.29, 1.82) is 0 Å². The van der Waals surface area contributed by atoms with Crippen LogP contribution in [0, 0.1) is 11.6 Å². The van der Waals surface area contributed by atoms with Crippen LogP contribution in [0.2, 0.25) is 0 Å². The molecule has 0 heterocycles. The van der Waals surface area contributed by atoms with E-state index >= 15 is 0 Å². The van der Waals surface area contributed by atoms with E-state index in [2.05, 4.69) is 10.6 Å². The fraction of sp³-hybridized carbons (Fsp3) is 0.273. The van der Waals surface area contributed by atoms with Crippen LogP contribution in [-0.4, -0.2) is 30.2 Å². The molecule has 0 spiro atoms. The molecule has 1 aromatic rings. The quantitative estimate of drug-likeness (QED) is 0.604. The van der Waals surface area contributed by atoms with Gasteiger partial charge in [0.15, 0.2) is 0 Å². The highest BCUT2D eigenvalue weighted by Crippen LogP contribution is 2.18. The van der Waals surface area contributed by atoms with Gasteiger partial charge in [-0.1, -0.05) is 0 Å². The molecule has 0 atom stereocenters. The third-order valence-corrected chi connectivity index (χ3v) is 2.18. The number of urea groups is 1. The predicted molar refractivity (Wildman–Crippen MR) is 64.0 cm³/mol. The molecule has 0 radical (unpaired) electrons. The molecule has 104 valence electrons. The molecule has 0 fully saturated rings. The number of carboxylic acid groups (broad SMARTS) is 1. The topological polar surface area (TPSA) is 104 Å². The van der Waals surface area contributed by atoms with E-state index in [4.69, 9.17) is 10.8 Å². The molecule has 0 unspecified atom stereocenters. The van der Waals surface area contributed by atoms with E-state index in [0.717, 1.165) is 12.1 Å². The van der Waals surface area contributed by atoms with E-state index in [0.29, 0.717) is 19.5 Å². The minimum Gasteiger partial charge on any atom is -0.477 e. The van der Waals surface area contributed by atoms with Crippen molar-refractivity contribution in [2.75, 3.05) is 18.4 Å². The minimum absolute atomic E-state index is 0.176. The van der Waals surface area contributed by atoms with Crippen LogP contribution < -0.4 is 16.4 Å². The van der Waals surface area contributed by atoms with Crippen LogP contribution in [0.5, 0.6) is 0 Å². The first kappa shape index (κ1) is 14.8. The Balaban J connectivity index is 2.75. The summed E-state index contributed by atoms with van der Waals surface area (Å²) >= 11 is 0. The lowest BCUT2D eigenvalue weighted by Crippen LogP contribution is -2.30. The molecule has 0 aliphatic carbocycles. The molecule has 1 aromatic carbocycles. The summed E-state index contributed by atoms with van der Waals surface area (Å²) in [6, 6.07) is 0.805. The predicted octanol–water partition coefficient (Wildman–Crippen LogP) is 1.13. The number of rotatable bonds is 5. The Morgan fingerprint density at radius 2 is 1.84 bits per heavy atom. The van der Waals surface area contributed by atoms with E-state index in [1.165, 1.54) is 0 Å². The largest absolute Gasteiger partial charge is 0.477 e. The second kappa shape index (κ2) is 6.64. The fourth-order valence-electron chi connectivity index (χ4n) is 1.33. The highest BCUT2D eigenvalue weighted by atomic mass is 19.1. The number of nitrogens with one attached hydrogen (secondary N) is 2. The Hall–Kier alpha value is -2.22. The van der Waals surface area contributed by atoms with Crippen molar-refractivity contribution in [2.24, 2.45) is 5.73 Å². The van der Waals surface area contributed by atoms with Crippen molar-refractivity contribution < 1.29 is 23.5 Å². The highest BCUT2D eigenvalue weighted by molar-refractivity contribution is 5.92. The molecule has 6 nitrogen and oxygen atoms in total. The average molecular weight is 273 g/mol. The summed E-state index contributed by atoms with van der Waals surface area (Å²) in [7, 11) is 0. The number of carbonyl (C=O) groups is 2. The fourth-order valence-corrected chi connectivity index (χ4v) is 1.33. The maximum absolute atomic E-state index is 13.3. The molecule has 5 N–H and O–H groups in total. The monoisotopic (exact) mass is 273 g/mol. The van der Waals surface area contributed by atoms with E-state index in [9.17, 15) is 18.4 Å². The SMILES string of the molecule is NCCCNC(=O)Nc1cc(F)c(C(=O)O)c(F)c1. The highest BCUT2D eigenvalue weighted by Gasteiger charge is 2.18. The summed E-state index contributed by atoms with van der Waals surface area (Å²) in [5, 5.41) is 13.2. The van der Waals surface area contributed by atoms with Crippen molar-refractivity contribution in [1.82, 2.24) is 5.32 Å². The number of aromatic carboxylic acids is 1. The molecule has 0 aliphatic rings. The van der Waals surface area contributed by atoms with Gasteiger partial charge < -0.3 is 21.5 Å². The van der Waals surface area contributed by atoms with Crippen molar-refractivity contribution in [2.45, 2.75) is 6.42 Å². The van der Waals surface area contributed by atoms with Crippen LogP contribution in [0.15, 0.2) is 12.1 Å². The van der Waals surface area contributed by atoms with E-state index in [1.54, 1.807) is 0 Å². The molecule has 0 aromatic heterocycles. The number of benzene rings is 1. The van der Waals surface area contributed by atoms with Crippen LogP contribution >= 0.6 is 0 Å². The van der Waals surface area contributed by atoms with Gasteiger partial charge in [-0.15, -0.1) is 0 Å². The number of nitrogens with two attached hydrogens (primary N) is 1. The van der Waals surface area contributed by atoms with Gasteiger partial charge in [0.05, 0.1) is 0 Å². The zero-order valence-corrected chi connectivity index (χ0v) is 9.87. The van der Waals surface area contributed by atoms with Crippen LogP contribution in [0.3, 0.4) is 0 Å². The molecule has 19 heavy (non-hydrogen) atoms. The number of halogens is 2. The van der Waals surface area contributed by atoms with Crippen molar-refractivity contribution in [3.63, 3.8) is 0 Å². The zero-order chi connectivity index (χ0) is 14.4. The first-order valence-electron chi connectivity index (χ1n) is 5.43. The van der Waals surface area contributed by atoms with Crippen LogP contribution in [0.1, 0.15) is 16.8 Å². The summed E-state index contributed by atoms with van der Waals surface area (Å²) in [5.74, 6) is -4.23. The molecule has 1 rings (SSSR count). The molecular weight excluding hydrogens is 260 g/mol. The number of anilines is 1. The van der Waals surface area contributed by atoms with Crippen molar-refractivity contribution >= 4 is 17.7 Å². The molecule has 0 bridgehead atoms. The number of carboxylic acids is 1. The Morgan fingerprint density at radius 1 is 1.26 bits per heavy atom. The molecule has 0 saturated heterocycles. The number of carbonyl (C=O) groups excluding carboxylic acids is 1. The average Bonchev–Trinajstić information content (AvgIpc) is 2.27. The van der Waals surface area contributed by atoms with Gasteiger partial charge in [-0.2, -0.15) is 0 Å². The van der Waals surface area contributed by atoms with Crippen LogP contribution in [0.4, 0.5) is 19.3 Å². The maximum atomic E-state index is 13.3. The Morgan fingerprint density at radius 3 is 2.32 bits per heavy atom. The lowest BCUT2D eigenvalue weighted by atomic mass is 10.2. The van der Waals surface area contributed by atoms with Gasteiger partial charge in [0.25, 0.3) is 0 Å². The summed E-state index contributed by atoms with van der Waals surface area (Å²) in [4.78, 5) is 21.9. The number of hydrogen-bond donors (Lipinski definition) is 4. The number of amides is 2. The normalized spacial score (nSPS) is 10.1. The van der Waals surface area contributed by atoms with E-state index in [-0.39, 0.29) is 5.69 Å². The second-order valence-corrected chi connectivity index (χ2v) is 3.64. The number of hydrogen-bond acceptors (Lipinski definition) is 3. The third-order valence-electron chi connectivity index (χ3n) is 2.18. The van der Waals surface area contributed by atoms with Gasteiger partial charge in [0.1, 0.15) is 17.2 Å². The second-order valence-electron chi connectivity index (χ2n) is 3.64. The Labute approximate surface area is 107 Å². The standard InChI is InChI=1S/C11H13F2N3O3/c12-7-4-6(5-8(13)9(7)10(17)18)16-11(19)15-3-1-2-14/h4-5H,1-3,14H2,(H,17,18)(H2,15,16,19). The van der Waals surface area contributed by atoms with Crippen molar-refractivity contribution in [3.05, 3.63) is 29.3 Å². The molecule has 0 saturated carbocycles. The third kappa shape index (κ3) is 4.18. The Bertz CT molecular complexity index is 471. The van der Waals surface area contributed by atoms with Gasteiger partial charge in [0.2, 0.25) is 0 Å². The van der Waals surface area contributed by atoms with E-state index in [1.807, 2.05) is 0 Å². The summed E-state index contributed by atoms with van der Waals surface area (Å²) in [6.07, 6.45) is 0.564.